The van der Waals surface area contributed by atoms with Gasteiger partial charge in [-0.1, -0.05) is 42.2 Å². The zero-order chi connectivity index (χ0) is 22.9. The van der Waals surface area contributed by atoms with Crippen LogP contribution in [0, 0.1) is 0 Å². The highest BCUT2D eigenvalue weighted by Crippen LogP contribution is 2.35. The van der Waals surface area contributed by atoms with Gasteiger partial charge in [-0.3, -0.25) is 9.69 Å². The van der Waals surface area contributed by atoms with Crippen molar-refractivity contribution >= 4 is 40.3 Å². The second-order valence-electron chi connectivity index (χ2n) is 6.77. The summed E-state index contributed by atoms with van der Waals surface area (Å²) in [6.45, 7) is 5.89. The molecule has 170 valence electrons. The van der Waals surface area contributed by atoms with Crippen molar-refractivity contribution < 1.29 is 23.7 Å². The Hall–Kier alpha value is -2.71. The van der Waals surface area contributed by atoms with Gasteiger partial charge in [0.1, 0.15) is 4.32 Å². The SMILES string of the molecule is CCOc1cc(/C=C2\SC(=S)N(CC)C2=O)ccc1OCCCOc1ccccc1OC. The van der Waals surface area contributed by atoms with E-state index in [9.17, 15) is 4.79 Å². The highest BCUT2D eigenvalue weighted by atomic mass is 32.2. The molecule has 0 atom stereocenters. The van der Waals surface area contributed by atoms with E-state index in [-0.39, 0.29) is 5.91 Å². The molecule has 1 amide bonds. The summed E-state index contributed by atoms with van der Waals surface area (Å²) in [5.74, 6) is 2.65. The molecule has 0 aliphatic carbocycles. The second-order valence-corrected chi connectivity index (χ2v) is 8.44. The molecule has 1 fully saturated rings. The number of para-hydroxylation sites is 2. The summed E-state index contributed by atoms with van der Waals surface area (Å²) in [5, 5.41) is 0. The Morgan fingerprint density at radius 2 is 1.66 bits per heavy atom. The number of thiocarbonyl (C=S) groups is 1. The molecule has 0 saturated carbocycles. The molecule has 0 unspecified atom stereocenters. The van der Waals surface area contributed by atoms with Gasteiger partial charge in [0, 0.05) is 13.0 Å². The van der Waals surface area contributed by atoms with E-state index < -0.39 is 0 Å². The minimum atomic E-state index is -0.0594. The van der Waals surface area contributed by atoms with Crippen molar-refractivity contribution in [3.63, 3.8) is 0 Å². The third-order valence-electron chi connectivity index (χ3n) is 4.63. The van der Waals surface area contributed by atoms with E-state index in [4.69, 9.17) is 31.2 Å². The van der Waals surface area contributed by atoms with Crippen LogP contribution in [0.2, 0.25) is 0 Å². The number of hydrogen-bond donors (Lipinski definition) is 0. The molecule has 0 spiro atoms. The maximum atomic E-state index is 12.4. The highest BCUT2D eigenvalue weighted by molar-refractivity contribution is 8.26. The van der Waals surface area contributed by atoms with Crippen molar-refractivity contribution in [1.82, 2.24) is 4.90 Å². The van der Waals surface area contributed by atoms with Crippen molar-refractivity contribution in [3.8, 4) is 23.0 Å². The molecule has 1 saturated heterocycles. The van der Waals surface area contributed by atoms with Crippen molar-refractivity contribution in [3.05, 3.63) is 52.9 Å². The van der Waals surface area contributed by atoms with Crippen molar-refractivity contribution in [1.29, 1.82) is 0 Å². The predicted molar refractivity (Wildman–Crippen MR) is 132 cm³/mol. The number of hydrogen-bond acceptors (Lipinski definition) is 7. The summed E-state index contributed by atoms with van der Waals surface area (Å²) in [6.07, 6.45) is 2.53. The molecule has 1 aliphatic heterocycles. The number of carbonyl (C=O) groups is 1. The number of thioether (sulfide) groups is 1. The van der Waals surface area contributed by atoms with Crippen LogP contribution in [-0.4, -0.2) is 48.6 Å². The summed E-state index contributed by atoms with van der Waals surface area (Å²) < 4.78 is 23.3. The number of benzene rings is 2. The van der Waals surface area contributed by atoms with Gasteiger partial charge in [0.2, 0.25) is 0 Å². The van der Waals surface area contributed by atoms with Gasteiger partial charge in [-0.05, 0) is 49.8 Å². The molecule has 0 radical (unpaired) electrons. The average molecular weight is 474 g/mol. The van der Waals surface area contributed by atoms with Crippen LogP contribution in [0.25, 0.3) is 6.08 Å². The fourth-order valence-electron chi connectivity index (χ4n) is 3.09. The first-order chi connectivity index (χ1) is 15.6. The zero-order valence-corrected chi connectivity index (χ0v) is 20.1. The zero-order valence-electron chi connectivity index (χ0n) is 18.5. The molecule has 2 aromatic carbocycles. The monoisotopic (exact) mass is 473 g/mol. The molecule has 32 heavy (non-hydrogen) atoms. The molecule has 0 N–H and O–H groups in total. The third-order valence-corrected chi connectivity index (χ3v) is 6.01. The number of carbonyl (C=O) groups excluding carboxylic acids is 1. The van der Waals surface area contributed by atoms with E-state index in [1.807, 2.05) is 62.4 Å². The summed E-state index contributed by atoms with van der Waals surface area (Å²) >= 11 is 6.60. The van der Waals surface area contributed by atoms with Crippen LogP contribution in [0.1, 0.15) is 25.8 Å². The van der Waals surface area contributed by atoms with Crippen molar-refractivity contribution in [2.75, 3.05) is 33.5 Å². The van der Waals surface area contributed by atoms with Gasteiger partial charge in [0.15, 0.2) is 23.0 Å². The molecule has 1 aliphatic rings. The Balaban J connectivity index is 1.59. The van der Waals surface area contributed by atoms with Gasteiger partial charge in [0.25, 0.3) is 5.91 Å². The van der Waals surface area contributed by atoms with Crippen LogP contribution in [0.5, 0.6) is 23.0 Å². The van der Waals surface area contributed by atoms with Gasteiger partial charge < -0.3 is 18.9 Å². The molecule has 0 bridgehead atoms. The van der Waals surface area contributed by atoms with Crippen LogP contribution in [-0.2, 0) is 4.79 Å². The minimum Gasteiger partial charge on any atom is -0.493 e. The number of methoxy groups -OCH3 is 1. The molecule has 0 aromatic heterocycles. The van der Waals surface area contributed by atoms with Crippen molar-refractivity contribution in [2.45, 2.75) is 20.3 Å². The quantitative estimate of drug-likeness (QED) is 0.254. The average Bonchev–Trinajstić information content (AvgIpc) is 3.07. The van der Waals surface area contributed by atoms with Gasteiger partial charge in [0.05, 0.1) is 31.8 Å². The lowest BCUT2D eigenvalue weighted by atomic mass is 10.2. The lowest BCUT2D eigenvalue weighted by molar-refractivity contribution is -0.121. The predicted octanol–water partition coefficient (Wildman–Crippen LogP) is 5.16. The first kappa shape index (κ1) is 23.9. The van der Waals surface area contributed by atoms with Crippen LogP contribution < -0.4 is 18.9 Å². The Morgan fingerprint density at radius 1 is 0.969 bits per heavy atom. The smallest absolute Gasteiger partial charge is 0.266 e. The maximum absolute atomic E-state index is 12.4. The molecule has 6 nitrogen and oxygen atoms in total. The number of nitrogens with zero attached hydrogens (tertiary/aromatic N) is 1. The number of likely N-dealkylation sites (N-methyl/N-ethyl adjacent to an activating group) is 1. The van der Waals surface area contributed by atoms with Crippen LogP contribution in [0.4, 0.5) is 0 Å². The first-order valence-corrected chi connectivity index (χ1v) is 11.7. The Kier molecular flexibility index (Phi) is 8.81. The molecule has 8 heteroatoms. The Labute approximate surface area is 198 Å². The fourth-order valence-corrected chi connectivity index (χ4v) is 4.47. The summed E-state index contributed by atoms with van der Waals surface area (Å²) in [5.41, 5.74) is 0.858. The van der Waals surface area contributed by atoms with Gasteiger partial charge >= 0.3 is 0 Å². The maximum Gasteiger partial charge on any atom is 0.266 e. The lowest BCUT2D eigenvalue weighted by Crippen LogP contribution is -2.27. The van der Waals surface area contributed by atoms with Gasteiger partial charge in [-0.2, -0.15) is 0 Å². The standard InChI is InChI=1S/C24H27NO5S2/c1-4-25-23(26)22(32-24(25)31)16-17-11-12-20(21(15-17)28-5-2)30-14-8-13-29-19-10-7-6-9-18(19)27-3/h6-7,9-12,15-16H,4-5,8,13-14H2,1-3H3/b22-16-. The van der Waals surface area contributed by atoms with Gasteiger partial charge in [-0.25, -0.2) is 0 Å². The van der Waals surface area contributed by atoms with E-state index in [0.29, 0.717) is 65.0 Å². The Morgan fingerprint density at radius 3 is 2.28 bits per heavy atom. The second kappa shape index (κ2) is 11.8. The number of ether oxygens (including phenoxy) is 4. The Bertz CT molecular complexity index is 992. The number of rotatable bonds is 11. The first-order valence-electron chi connectivity index (χ1n) is 10.5. The third kappa shape index (κ3) is 5.95. The van der Waals surface area contributed by atoms with Crippen molar-refractivity contribution in [2.24, 2.45) is 0 Å². The molecule has 3 rings (SSSR count). The normalized spacial score (nSPS) is 14.7. The van der Waals surface area contributed by atoms with E-state index >= 15 is 0 Å². The van der Waals surface area contributed by atoms with Gasteiger partial charge in [-0.15, -0.1) is 0 Å². The topological polar surface area (TPSA) is 57.2 Å². The van der Waals surface area contributed by atoms with Crippen LogP contribution >= 0.6 is 24.0 Å². The van der Waals surface area contributed by atoms with Crippen LogP contribution in [0.3, 0.4) is 0 Å². The minimum absolute atomic E-state index is 0.0594. The highest BCUT2D eigenvalue weighted by Gasteiger charge is 2.30. The molecular weight excluding hydrogens is 446 g/mol. The lowest BCUT2D eigenvalue weighted by Gasteiger charge is -2.14. The van der Waals surface area contributed by atoms with E-state index in [0.717, 1.165) is 5.56 Å². The summed E-state index contributed by atoms with van der Waals surface area (Å²) in [7, 11) is 1.62. The van der Waals surface area contributed by atoms with E-state index in [2.05, 4.69) is 0 Å². The summed E-state index contributed by atoms with van der Waals surface area (Å²) in [4.78, 5) is 14.7. The van der Waals surface area contributed by atoms with E-state index in [1.165, 1.54) is 11.8 Å². The largest absolute Gasteiger partial charge is 0.493 e. The fraction of sp³-hybridized carbons (Fsp3) is 0.333. The molecule has 1 heterocycles. The van der Waals surface area contributed by atoms with Crippen LogP contribution in [0.15, 0.2) is 47.4 Å². The molecular formula is C24H27NO5S2. The molecule has 2 aromatic rings. The van der Waals surface area contributed by atoms with E-state index in [1.54, 1.807) is 12.0 Å². The number of amides is 1. The summed E-state index contributed by atoms with van der Waals surface area (Å²) in [6, 6.07) is 13.2.